The van der Waals surface area contributed by atoms with Crippen molar-refractivity contribution in [3.05, 3.63) is 12.8 Å². The molecule has 0 saturated heterocycles. The van der Waals surface area contributed by atoms with Crippen molar-refractivity contribution < 1.29 is 0 Å². The molecule has 0 heteroatoms. The summed E-state index contributed by atoms with van der Waals surface area (Å²) < 4.78 is 0. The molecule has 2 saturated carbocycles. The van der Waals surface area contributed by atoms with Gasteiger partial charge >= 0.3 is 0 Å². The first kappa shape index (κ1) is 6.69. The standard InChI is InChI=1S/C10H16/c1-2-6-10(7-3-1)8-4-5-9-10/h1,4H,2-3,5-9H2. The van der Waals surface area contributed by atoms with Gasteiger partial charge in [0.05, 0.1) is 0 Å². The van der Waals surface area contributed by atoms with Gasteiger partial charge in [0.1, 0.15) is 0 Å². The van der Waals surface area contributed by atoms with Gasteiger partial charge in [-0.15, -0.1) is 0 Å². The normalized spacial score (nSPS) is 31.2. The number of rotatable bonds is 0. The minimum atomic E-state index is 0.786. The molecular formula is C10H16. The lowest BCUT2D eigenvalue weighted by Gasteiger charge is -2.32. The van der Waals surface area contributed by atoms with Crippen molar-refractivity contribution in [3.8, 4) is 0 Å². The fourth-order valence-corrected chi connectivity index (χ4v) is 2.46. The summed E-state index contributed by atoms with van der Waals surface area (Å²) in [6, 6.07) is 0. The highest BCUT2D eigenvalue weighted by atomic mass is 14.4. The van der Waals surface area contributed by atoms with Crippen LogP contribution in [0, 0.1) is 18.3 Å². The lowest BCUT2D eigenvalue weighted by molar-refractivity contribution is 0.226. The Labute approximate surface area is 64.0 Å². The molecule has 2 aliphatic carbocycles. The molecule has 0 atom stereocenters. The molecule has 2 fully saturated rings. The largest absolute Gasteiger partial charge is 0.0497 e. The van der Waals surface area contributed by atoms with Crippen LogP contribution in [0.4, 0.5) is 0 Å². The van der Waals surface area contributed by atoms with Gasteiger partial charge in [0.15, 0.2) is 0 Å². The van der Waals surface area contributed by atoms with Crippen LogP contribution in [0.15, 0.2) is 0 Å². The van der Waals surface area contributed by atoms with Crippen molar-refractivity contribution in [2.75, 3.05) is 0 Å². The van der Waals surface area contributed by atoms with E-state index in [1.807, 2.05) is 0 Å². The monoisotopic (exact) mass is 136 g/mol. The van der Waals surface area contributed by atoms with E-state index in [1.165, 1.54) is 44.9 Å². The van der Waals surface area contributed by atoms with E-state index < -0.39 is 0 Å². The van der Waals surface area contributed by atoms with Gasteiger partial charge in [-0.05, 0) is 63.2 Å². The van der Waals surface area contributed by atoms with Crippen LogP contribution >= 0.6 is 0 Å². The van der Waals surface area contributed by atoms with Gasteiger partial charge in [0.2, 0.25) is 0 Å². The van der Waals surface area contributed by atoms with Crippen LogP contribution in [0.25, 0.3) is 0 Å². The summed E-state index contributed by atoms with van der Waals surface area (Å²) in [5.41, 5.74) is 0.786. The Morgan fingerprint density at radius 3 is 1.90 bits per heavy atom. The third-order valence-corrected chi connectivity index (χ3v) is 3.21. The molecule has 0 nitrogen and oxygen atoms in total. The second-order valence-electron chi connectivity index (χ2n) is 3.90. The van der Waals surface area contributed by atoms with Crippen LogP contribution in [-0.4, -0.2) is 0 Å². The second kappa shape index (κ2) is 2.56. The van der Waals surface area contributed by atoms with Crippen molar-refractivity contribution in [2.24, 2.45) is 5.41 Å². The first-order valence-corrected chi connectivity index (χ1v) is 4.55. The molecule has 56 valence electrons. The lowest BCUT2D eigenvalue weighted by Crippen LogP contribution is -2.19. The van der Waals surface area contributed by atoms with Crippen LogP contribution in [-0.2, 0) is 0 Å². The smallest absolute Gasteiger partial charge is 0.0294 e. The van der Waals surface area contributed by atoms with Gasteiger partial charge in [-0.3, -0.25) is 0 Å². The molecule has 0 amide bonds. The predicted molar refractivity (Wildman–Crippen MR) is 43.4 cm³/mol. The molecule has 2 rings (SSSR count). The zero-order valence-electron chi connectivity index (χ0n) is 6.60. The third kappa shape index (κ3) is 1.09. The average Bonchev–Trinajstić information content (AvgIpc) is 2.39. The molecule has 10 heavy (non-hydrogen) atoms. The molecule has 1 spiro atoms. The molecular weight excluding hydrogens is 120 g/mol. The van der Waals surface area contributed by atoms with E-state index >= 15 is 0 Å². The maximum atomic E-state index is 2.49. The molecule has 2 radical (unpaired) electrons. The van der Waals surface area contributed by atoms with Gasteiger partial charge < -0.3 is 0 Å². The third-order valence-electron chi connectivity index (χ3n) is 3.21. The summed E-state index contributed by atoms with van der Waals surface area (Å²) in [6.45, 7) is 0. The molecule has 2 aliphatic rings. The Kier molecular flexibility index (Phi) is 1.71. The van der Waals surface area contributed by atoms with E-state index in [9.17, 15) is 0 Å². The van der Waals surface area contributed by atoms with Gasteiger partial charge in [-0.1, -0.05) is 0 Å². The summed E-state index contributed by atoms with van der Waals surface area (Å²) in [5.74, 6) is 0. The minimum absolute atomic E-state index is 0.786. The van der Waals surface area contributed by atoms with E-state index in [0.29, 0.717) is 0 Å². The molecule has 0 heterocycles. The molecule has 0 aromatic carbocycles. The Hall–Kier alpha value is 0. The van der Waals surface area contributed by atoms with Crippen LogP contribution in [0.2, 0.25) is 0 Å². The van der Waals surface area contributed by atoms with Crippen molar-refractivity contribution >= 4 is 0 Å². The first-order valence-electron chi connectivity index (χ1n) is 4.55. The van der Waals surface area contributed by atoms with Crippen molar-refractivity contribution in [3.63, 3.8) is 0 Å². The van der Waals surface area contributed by atoms with Crippen LogP contribution in [0.3, 0.4) is 0 Å². The van der Waals surface area contributed by atoms with Crippen molar-refractivity contribution in [2.45, 2.75) is 44.9 Å². The Balaban J connectivity index is 1.98. The quantitative estimate of drug-likeness (QED) is 0.480. The highest BCUT2D eigenvalue weighted by Crippen LogP contribution is 2.48. The summed E-state index contributed by atoms with van der Waals surface area (Å²) in [4.78, 5) is 0. The van der Waals surface area contributed by atoms with Crippen LogP contribution < -0.4 is 0 Å². The fraction of sp³-hybridized carbons (Fsp3) is 0.800. The molecule has 0 aliphatic heterocycles. The highest BCUT2D eigenvalue weighted by Gasteiger charge is 2.34. The highest BCUT2D eigenvalue weighted by molar-refractivity contribution is 4.97. The maximum Gasteiger partial charge on any atom is -0.0294 e. The average molecular weight is 136 g/mol. The van der Waals surface area contributed by atoms with Crippen LogP contribution in [0.1, 0.15) is 44.9 Å². The first-order chi connectivity index (χ1) is 4.91. The molecule has 0 aromatic rings. The van der Waals surface area contributed by atoms with Crippen molar-refractivity contribution in [1.29, 1.82) is 0 Å². The lowest BCUT2D eigenvalue weighted by atomic mass is 9.73. The Morgan fingerprint density at radius 1 is 0.800 bits per heavy atom. The maximum absolute atomic E-state index is 2.49. The van der Waals surface area contributed by atoms with Crippen LogP contribution in [0.5, 0.6) is 0 Å². The minimum Gasteiger partial charge on any atom is -0.0497 e. The summed E-state index contributed by atoms with van der Waals surface area (Å²) in [6.07, 6.45) is 15.0. The van der Waals surface area contributed by atoms with E-state index in [1.54, 1.807) is 0 Å². The number of hydrogen-bond acceptors (Lipinski definition) is 0. The summed E-state index contributed by atoms with van der Waals surface area (Å²) in [7, 11) is 0. The van der Waals surface area contributed by atoms with E-state index in [-0.39, 0.29) is 0 Å². The summed E-state index contributed by atoms with van der Waals surface area (Å²) in [5, 5.41) is 0. The number of hydrogen-bond donors (Lipinski definition) is 0. The second-order valence-corrected chi connectivity index (χ2v) is 3.90. The van der Waals surface area contributed by atoms with E-state index in [0.717, 1.165) is 5.41 Å². The van der Waals surface area contributed by atoms with Crippen molar-refractivity contribution in [1.82, 2.24) is 0 Å². The predicted octanol–water partition coefficient (Wildman–Crippen LogP) is 3.14. The van der Waals surface area contributed by atoms with E-state index in [2.05, 4.69) is 12.8 Å². The zero-order chi connectivity index (χ0) is 6.86. The SMILES string of the molecule is [CH]1CCC2(C[CH]CC2)CC1. The molecule has 0 aromatic heterocycles. The topological polar surface area (TPSA) is 0 Å². The van der Waals surface area contributed by atoms with E-state index in [4.69, 9.17) is 0 Å². The van der Waals surface area contributed by atoms with Gasteiger partial charge in [0, 0.05) is 0 Å². The zero-order valence-corrected chi connectivity index (χ0v) is 6.60. The molecule has 0 N–H and O–H groups in total. The van der Waals surface area contributed by atoms with Gasteiger partial charge in [-0.25, -0.2) is 0 Å². The van der Waals surface area contributed by atoms with Gasteiger partial charge in [-0.2, -0.15) is 0 Å². The fourth-order valence-electron chi connectivity index (χ4n) is 2.46. The Morgan fingerprint density at radius 2 is 1.40 bits per heavy atom. The van der Waals surface area contributed by atoms with Gasteiger partial charge in [0.25, 0.3) is 0 Å². The summed E-state index contributed by atoms with van der Waals surface area (Å²) >= 11 is 0. The Bertz CT molecular complexity index is 101. The molecule has 0 unspecified atom stereocenters. The molecule has 0 bridgehead atoms.